The lowest BCUT2D eigenvalue weighted by molar-refractivity contribution is -0.0440. The Morgan fingerprint density at radius 1 is 1.29 bits per heavy atom. The molecular weight excluding hydrogens is 337 g/mol. The number of aliphatic hydroxyl groups excluding tert-OH is 1. The van der Waals surface area contributed by atoms with E-state index in [1.807, 2.05) is 13.8 Å². The first-order valence-corrected chi connectivity index (χ1v) is 8.69. The Kier molecular flexibility index (Phi) is 5.18. The van der Waals surface area contributed by atoms with Crippen molar-refractivity contribution in [3.63, 3.8) is 0 Å². The third kappa shape index (κ3) is 3.52. The number of hydrogen-bond donors (Lipinski definition) is 1. The molecule has 5 nitrogen and oxygen atoms in total. The molecule has 1 saturated heterocycles. The molecule has 0 bridgehead atoms. The lowest BCUT2D eigenvalue weighted by Crippen LogP contribution is -2.48. The van der Waals surface area contributed by atoms with E-state index in [0.717, 1.165) is 0 Å². The molecule has 0 aromatic heterocycles. The van der Waals surface area contributed by atoms with E-state index in [1.165, 1.54) is 16.4 Å². The van der Waals surface area contributed by atoms with E-state index in [0.29, 0.717) is 0 Å². The Hall–Kier alpha value is -0.370. The third-order valence-electron chi connectivity index (χ3n) is 3.25. The summed E-state index contributed by atoms with van der Waals surface area (Å²) in [6, 6.07) is 2.76. The molecule has 0 saturated carbocycles. The summed E-state index contributed by atoms with van der Waals surface area (Å²) in [5.41, 5.74) is 0.289. The monoisotopic (exact) mass is 353 g/mol. The maximum Gasteiger partial charge on any atom is 0.244 e. The SMILES string of the molecule is C[C@@H]1CN(S(=O)(=O)c2cc(Cl)cc(CO)c2Cl)C[C@H](C)O1. The maximum atomic E-state index is 12.8. The van der Waals surface area contributed by atoms with Gasteiger partial charge in [0.1, 0.15) is 4.90 Å². The summed E-state index contributed by atoms with van der Waals surface area (Å²) in [5, 5.41) is 9.48. The van der Waals surface area contributed by atoms with Crippen LogP contribution < -0.4 is 0 Å². The zero-order valence-electron chi connectivity index (χ0n) is 11.7. The Morgan fingerprint density at radius 2 is 1.86 bits per heavy atom. The first-order chi connectivity index (χ1) is 9.75. The summed E-state index contributed by atoms with van der Waals surface area (Å²) in [7, 11) is -3.79. The first kappa shape index (κ1) is 17.0. The molecule has 0 spiro atoms. The van der Waals surface area contributed by atoms with Crippen molar-refractivity contribution in [1.29, 1.82) is 0 Å². The van der Waals surface area contributed by atoms with E-state index >= 15 is 0 Å². The largest absolute Gasteiger partial charge is 0.392 e. The van der Waals surface area contributed by atoms with Gasteiger partial charge in [-0.3, -0.25) is 0 Å². The minimum atomic E-state index is -3.79. The predicted molar refractivity (Wildman–Crippen MR) is 81.2 cm³/mol. The highest BCUT2D eigenvalue weighted by atomic mass is 35.5. The standard InChI is InChI=1S/C13H17Cl2NO4S/c1-8-5-16(6-9(2)20-8)21(18,19)12-4-11(14)3-10(7-17)13(12)15/h3-4,8-9,17H,5-7H2,1-2H3/t8-,9+. The molecule has 8 heteroatoms. The molecule has 21 heavy (non-hydrogen) atoms. The normalized spacial score (nSPS) is 24.2. The molecule has 1 heterocycles. The second-order valence-corrected chi connectivity index (χ2v) is 7.84. The highest BCUT2D eigenvalue weighted by molar-refractivity contribution is 7.89. The number of hydrogen-bond acceptors (Lipinski definition) is 4. The number of sulfonamides is 1. The van der Waals surface area contributed by atoms with Gasteiger partial charge < -0.3 is 9.84 Å². The van der Waals surface area contributed by atoms with Crippen LogP contribution in [0.5, 0.6) is 0 Å². The van der Waals surface area contributed by atoms with Gasteiger partial charge in [0.05, 0.1) is 23.8 Å². The van der Waals surface area contributed by atoms with Crippen molar-refractivity contribution in [2.24, 2.45) is 0 Å². The first-order valence-electron chi connectivity index (χ1n) is 6.50. The zero-order chi connectivity index (χ0) is 15.8. The fourth-order valence-electron chi connectivity index (χ4n) is 2.39. The average Bonchev–Trinajstić information content (AvgIpc) is 2.39. The van der Waals surface area contributed by atoms with E-state index in [-0.39, 0.29) is 52.4 Å². The lowest BCUT2D eigenvalue weighted by atomic mass is 10.2. The molecule has 0 amide bonds. The van der Waals surface area contributed by atoms with Crippen LogP contribution in [0.4, 0.5) is 0 Å². The molecule has 2 rings (SSSR count). The summed E-state index contributed by atoms with van der Waals surface area (Å²) in [5.74, 6) is 0. The van der Waals surface area contributed by atoms with Gasteiger partial charge in [0.2, 0.25) is 10.0 Å². The van der Waals surface area contributed by atoms with Crippen LogP contribution in [0.1, 0.15) is 19.4 Å². The predicted octanol–water partition coefficient (Wildman–Crippen LogP) is 2.28. The summed E-state index contributed by atoms with van der Waals surface area (Å²) in [6.45, 7) is 3.76. The van der Waals surface area contributed by atoms with Gasteiger partial charge in [-0.2, -0.15) is 4.31 Å². The molecule has 1 fully saturated rings. The van der Waals surface area contributed by atoms with Crippen molar-refractivity contribution >= 4 is 33.2 Å². The van der Waals surface area contributed by atoms with Gasteiger partial charge >= 0.3 is 0 Å². The van der Waals surface area contributed by atoms with Crippen molar-refractivity contribution in [2.45, 2.75) is 37.6 Å². The number of nitrogens with zero attached hydrogens (tertiary/aromatic N) is 1. The Bertz CT molecular complexity index is 625. The highest BCUT2D eigenvalue weighted by Crippen LogP contribution is 2.32. The van der Waals surface area contributed by atoms with Crippen molar-refractivity contribution in [2.75, 3.05) is 13.1 Å². The van der Waals surface area contributed by atoms with Crippen molar-refractivity contribution in [1.82, 2.24) is 4.31 Å². The molecule has 1 aliphatic heterocycles. The van der Waals surface area contributed by atoms with E-state index in [1.54, 1.807) is 0 Å². The Labute approximate surface area is 134 Å². The van der Waals surface area contributed by atoms with E-state index in [9.17, 15) is 13.5 Å². The Morgan fingerprint density at radius 3 is 2.38 bits per heavy atom. The number of morpholine rings is 1. The van der Waals surface area contributed by atoms with Gasteiger partial charge in [-0.25, -0.2) is 8.42 Å². The topological polar surface area (TPSA) is 66.8 Å². The highest BCUT2D eigenvalue weighted by Gasteiger charge is 2.34. The number of ether oxygens (including phenoxy) is 1. The van der Waals surface area contributed by atoms with Gasteiger partial charge in [-0.1, -0.05) is 23.2 Å². The van der Waals surface area contributed by atoms with Crippen LogP contribution in [0.2, 0.25) is 10.0 Å². The molecular formula is C13H17Cl2NO4S. The van der Waals surface area contributed by atoms with Gasteiger partial charge in [0, 0.05) is 18.1 Å². The van der Waals surface area contributed by atoms with E-state index in [2.05, 4.69) is 0 Å². The van der Waals surface area contributed by atoms with E-state index in [4.69, 9.17) is 27.9 Å². The Balaban J connectivity index is 2.47. The smallest absolute Gasteiger partial charge is 0.244 e. The van der Waals surface area contributed by atoms with Gasteiger partial charge in [0.15, 0.2) is 0 Å². The minimum Gasteiger partial charge on any atom is -0.392 e. The van der Waals surface area contributed by atoms with Gasteiger partial charge in [-0.15, -0.1) is 0 Å². The van der Waals surface area contributed by atoms with Crippen molar-refractivity contribution < 1.29 is 18.3 Å². The molecule has 118 valence electrons. The third-order valence-corrected chi connectivity index (χ3v) is 5.89. The van der Waals surface area contributed by atoms with Crippen LogP contribution in [-0.4, -0.2) is 43.1 Å². The van der Waals surface area contributed by atoms with Crippen molar-refractivity contribution in [3.05, 3.63) is 27.7 Å². The lowest BCUT2D eigenvalue weighted by Gasteiger charge is -2.34. The summed E-state index contributed by atoms with van der Waals surface area (Å²) >= 11 is 12.0. The van der Waals surface area contributed by atoms with Crippen LogP contribution in [0.25, 0.3) is 0 Å². The fourth-order valence-corrected chi connectivity index (χ4v) is 4.88. The molecule has 2 atom stereocenters. The number of halogens is 2. The average molecular weight is 354 g/mol. The molecule has 0 aliphatic carbocycles. The summed E-state index contributed by atoms with van der Waals surface area (Å²) in [4.78, 5) is -0.0815. The molecule has 0 radical (unpaired) electrons. The molecule has 1 aliphatic rings. The molecule has 0 unspecified atom stereocenters. The number of rotatable bonds is 3. The summed E-state index contributed by atoms with van der Waals surface area (Å²) in [6.07, 6.45) is -0.391. The van der Waals surface area contributed by atoms with Crippen LogP contribution in [0.15, 0.2) is 17.0 Å². The fraction of sp³-hybridized carbons (Fsp3) is 0.538. The van der Waals surface area contributed by atoms with Crippen LogP contribution in [0.3, 0.4) is 0 Å². The maximum absolute atomic E-state index is 12.8. The van der Waals surface area contributed by atoms with Gasteiger partial charge in [0.25, 0.3) is 0 Å². The van der Waals surface area contributed by atoms with Crippen LogP contribution in [-0.2, 0) is 21.4 Å². The second-order valence-electron chi connectivity index (χ2n) is 5.11. The molecule has 1 N–H and O–H groups in total. The van der Waals surface area contributed by atoms with Crippen LogP contribution >= 0.6 is 23.2 Å². The molecule has 1 aromatic rings. The second kappa shape index (κ2) is 6.40. The number of benzene rings is 1. The minimum absolute atomic E-state index is 0.00805. The quantitative estimate of drug-likeness (QED) is 0.905. The molecule has 1 aromatic carbocycles. The zero-order valence-corrected chi connectivity index (χ0v) is 14.0. The van der Waals surface area contributed by atoms with Crippen molar-refractivity contribution in [3.8, 4) is 0 Å². The summed E-state index contributed by atoms with van der Waals surface area (Å²) < 4.78 is 32.4. The van der Waals surface area contributed by atoms with E-state index < -0.39 is 10.0 Å². The van der Waals surface area contributed by atoms with Crippen LogP contribution in [0, 0.1) is 0 Å². The number of aliphatic hydroxyl groups is 1. The van der Waals surface area contributed by atoms with Gasteiger partial charge in [-0.05, 0) is 31.5 Å².